The summed E-state index contributed by atoms with van der Waals surface area (Å²) in [5.74, 6) is -4.30. The van der Waals surface area contributed by atoms with E-state index < -0.39 is 40.4 Å². The number of rotatable bonds is 1. The lowest BCUT2D eigenvalue weighted by molar-refractivity contribution is -0.178. The Morgan fingerprint density at radius 1 is 1.29 bits per heavy atom. The quantitative estimate of drug-likeness (QED) is 0.669. The lowest BCUT2D eigenvalue weighted by Gasteiger charge is -2.32. The summed E-state index contributed by atoms with van der Waals surface area (Å²) in [6, 6.07) is 0. The number of hydrogen-bond acceptors (Lipinski definition) is 2. The van der Waals surface area contributed by atoms with Crippen molar-refractivity contribution in [3.63, 3.8) is 0 Å². The summed E-state index contributed by atoms with van der Waals surface area (Å²) in [6.45, 7) is 5.29. The summed E-state index contributed by atoms with van der Waals surface area (Å²) < 4.78 is 37.4. The highest BCUT2D eigenvalue weighted by atomic mass is 19.4. The van der Waals surface area contributed by atoms with E-state index in [1.807, 2.05) is 0 Å². The number of alkyl halides is 3. The third kappa shape index (κ3) is 1.34. The Hall–Kier alpha value is -0.870. The highest BCUT2D eigenvalue weighted by Crippen LogP contribution is 2.66. The molecule has 2 fully saturated rings. The van der Waals surface area contributed by atoms with E-state index in [9.17, 15) is 22.8 Å². The van der Waals surface area contributed by atoms with Crippen molar-refractivity contribution in [2.45, 2.75) is 39.8 Å². The van der Waals surface area contributed by atoms with Gasteiger partial charge in [0, 0.05) is 5.41 Å². The molecule has 2 rings (SSSR count). The molecule has 2 aliphatic carbocycles. The molecule has 0 aromatic rings. The van der Waals surface area contributed by atoms with Gasteiger partial charge in [-0.25, -0.2) is 0 Å². The number of fused-ring (bicyclic) bond motifs is 2. The molecule has 0 radical (unpaired) electrons. The summed E-state index contributed by atoms with van der Waals surface area (Å²) in [6.07, 6.45) is -3.79. The Labute approximate surface area is 97.6 Å². The fourth-order valence-corrected chi connectivity index (χ4v) is 3.56. The van der Waals surface area contributed by atoms with Gasteiger partial charge in [-0.2, -0.15) is 13.2 Å². The monoisotopic (exact) mass is 248 g/mol. The van der Waals surface area contributed by atoms with Gasteiger partial charge in [0.05, 0.1) is 5.92 Å². The van der Waals surface area contributed by atoms with Gasteiger partial charge in [-0.3, -0.25) is 9.59 Å². The van der Waals surface area contributed by atoms with E-state index >= 15 is 0 Å². The zero-order chi connectivity index (χ0) is 13.2. The van der Waals surface area contributed by atoms with Gasteiger partial charge in [-0.1, -0.05) is 20.8 Å². The van der Waals surface area contributed by atoms with Crippen molar-refractivity contribution < 1.29 is 22.8 Å². The summed E-state index contributed by atoms with van der Waals surface area (Å²) >= 11 is 0. The fourth-order valence-electron chi connectivity index (χ4n) is 3.56. The third-order valence-corrected chi connectivity index (χ3v) is 5.09. The predicted molar refractivity (Wildman–Crippen MR) is 54.2 cm³/mol. The molecular formula is C12H15F3O2. The second-order valence-corrected chi connectivity index (χ2v) is 5.90. The molecule has 0 saturated heterocycles. The highest BCUT2D eigenvalue weighted by Gasteiger charge is 2.70. The maximum atomic E-state index is 12.5. The van der Waals surface area contributed by atoms with E-state index in [0.717, 1.165) is 0 Å². The van der Waals surface area contributed by atoms with Crippen LogP contribution in [0.5, 0.6) is 0 Å². The number of carbonyl (C=O) groups is 2. The molecule has 0 heterocycles. The molecule has 2 nitrogen and oxygen atoms in total. The normalized spacial score (nSPS) is 39.8. The molecule has 3 unspecified atom stereocenters. The van der Waals surface area contributed by atoms with Crippen LogP contribution in [0.3, 0.4) is 0 Å². The van der Waals surface area contributed by atoms with Gasteiger partial charge in [0.15, 0.2) is 0 Å². The predicted octanol–water partition coefficient (Wildman–Crippen LogP) is 2.76. The average molecular weight is 248 g/mol. The zero-order valence-corrected chi connectivity index (χ0v) is 10.0. The van der Waals surface area contributed by atoms with Crippen molar-refractivity contribution in [1.29, 1.82) is 0 Å². The van der Waals surface area contributed by atoms with E-state index in [4.69, 9.17) is 0 Å². The van der Waals surface area contributed by atoms with Crippen LogP contribution in [0.4, 0.5) is 13.2 Å². The standard InChI is InChI=1S/C12H15F3O2/c1-10(2)6-4-5-11(10,3)8(16)7(6)9(17)12(13,14)15/h6-7H,4-5H2,1-3H3. The Kier molecular flexibility index (Phi) is 2.31. The molecular weight excluding hydrogens is 233 g/mol. The molecule has 0 spiro atoms. The molecule has 17 heavy (non-hydrogen) atoms. The molecule has 0 aromatic heterocycles. The summed E-state index contributed by atoms with van der Waals surface area (Å²) in [5, 5.41) is 0. The van der Waals surface area contributed by atoms with Gasteiger partial charge in [-0.05, 0) is 24.2 Å². The molecule has 0 N–H and O–H groups in total. The maximum Gasteiger partial charge on any atom is 0.450 e. The topological polar surface area (TPSA) is 34.1 Å². The molecule has 2 bridgehead atoms. The fraction of sp³-hybridized carbons (Fsp3) is 0.833. The molecule has 0 aliphatic heterocycles. The van der Waals surface area contributed by atoms with Crippen molar-refractivity contribution >= 4 is 11.6 Å². The molecule has 2 saturated carbocycles. The molecule has 96 valence electrons. The van der Waals surface area contributed by atoms with Gasteiger partial charge in [-0.15, -0.1) is 0 Å². The largest absolute Gasteiger partial charge is 0.450 e. The first-order chi connectivity index (χ1) is 7.53. The minimum atomic E-state index is -4.91. The van der Waals surface area contributed by atoms with Crippen LogP contribution in [0.1, 0.15) is 33.6 Å². The summed E-state index contributed by atoms with van der Waals surface area (Å²) in [4.78, 5) is 23.4. The van der Waals surface area contributed by atoms with Crippen LogP contribution in [0.25, 0.3) is 0 Å². The van der Waals surface area contributed by atoms with Crippen molar-refractivity contribution in [2.24, 2.45) is 22.7 Å². The second kappa shape index (κ2) is 3.12. The maximum absolute atomic E-state index is 12.5. The molecule has 0 amide bonds. The van der Waals surface area contributed by atoms with Crippen molar-refractivity contribution in [2.75, 3.05) is 0 Å². The lowest BCUT2D eigenvalue weighted by atomic mass is 9.70. The second-order valence-electron chi connectivity index (χ2n) is 5.90. The first-order valence-corrected chi connectivity index (χ1v) is 5.69. The van der Waals surface area contributed by atoms with Crippen molar-refractivity contribution in [1.82, 2.24) is 0 Å². The lowest BCUT2D eigenvalue weighted by Crippen LogP contribution is -2.40. The van der Waals surface area contributed by atoms with E-state index in [-0.39, 0.29) is 0 Å². The number of carbonyl (C=O) groups excluding carboxylic acids is 2. The number of halogens is 3. The van der Waals surface area contributed by atoms with E-state index in [2.05, 4.69) is 0 Å². The number of Topliss-reactive ketones (excluding diaryl/α,β-unsaturated/α-hetero) is 2. The Morgan fingerprint density at radius 3 is 2.18 bits per heavy atom. The average Bonchev–Trinajstić information content (AvgIpc) is 2.47. The molecule has 5 heteroatoms. The molecule has 0 aromatic carbocycles. The van der Waals surface area contributed by atoms with Gasteiger partial charge in [0.1, 0.15) is 5.78 Å². The molecule has 3 atom stereocenters. The number of ketones is 2. The SMILES string of the molecule is CC12CCC(C(C(=O)C(F)(F)F)C1=O)C2(C)C. The van der Waals surface area contributed by atoms with Crippen LogP contribution in [-0.2, 0) is 9.59 Å². The molecule has 2 aliphatic rings. The van der Waals surface area contributed by atoms with Crippen molar-refractivity contribution in [3.05, 3.63) is 0 Å². The highest BCUT2D eigenvalue weighted by molar-refractivity contribution is 6.09. The summed E-state index contributed by atoms with van der Waals surface area (Å²) in [7, 11) is 0. The van der Waals surface area contributed by atoms with Gasteiger partial charge >= 0.3 is 6.18 Å². The minimum absolute atomic E-state index is 0.464. The summed E-state index contributed by atoms with van der Waals surface area (Å²) in [5.41, 5.74) is -1.29. The van der Waals surface area contributed by atoms with E-state index in [1.54, 1.807) is 20.8 Å². The number of hydrogen-bond donors (Lipinski definition) is 0. The van der Waals surface area contributed by atoms with Crippen LogP contribution in [0.2, 0.25) is 0 Å². The van der Waals surface area contributed by atoms with E-state index in [0.29, 0.717) is 12.8 Å². The third-order valence-electron chi connectivity index (χ3n) is 5.09. The first kappa shape index (κ1) is 12.6. The smallest absolute Gasteiger partial charge is 0.298 e. The Bertz CT molecular complexity index is 397. The minimum Gasteiger partial charge on any atom is -0.298 e. The van der Waals surface area contributed by atoms with E-state index in [1.165, 1.54) is 0 Å². The Morgan fingerprint density at radius 2 is 1.82 bits per heavy atom. The first-order valence-electron chi connectivity index (χ1n) is 5.69. The van der Waals surface area contributed by atoms with Crippen LogP contribution >= 0.6 is 0 Å². The van der Waals surface area contributed by atoms with Gasteiger partial charge < -0.3 is 0 Å². The van der Waals surface area contributed by atoms with Gasteiger partial charge in [0.25, 0.3) is 0 Å². The van der Waals surface area contributed by atoms with Gasteiger partial charge in [0.2, 0.25) is 5.78 Å². The van der Waals surface area contributed by atoms with Crippen LogP contribution in [0.15, 0.2) is 0 Å². The zero-order valence-electron chi connectivity index (χ0n) is 10.0. The van der Waals surface area contributed by atoms with Crippen LogP contribution in [-0.4, -0.2) is 17.7 Å². The van der Waals surface area contributed by atoms with Crippen LogP contribution < -0.4 is 0 Å². The van der Waals surface area contributed by atoms with Crippen molar-refractivity contribution in [3.8, 4) is 0 Å². The Balaban J connectivity index is 2.42. The van der Waals surface area contributed by atoms with Crippen LogP contribution in [0, 0.1) is 22.7 Å².